The minimum atomic E-state index is -1.09. The second kappa shape index (κ2) is 3.96. The van der Waals surface area contributed by atoms with Crippen LogP contribution in [0.25, 0.3) is 0 Å². The summed E-state index contributed by atoms with van der Waals surface area (Å²) in [6.07, 6.45) is 0. The zero-order valence-corrected chi connectivity index (χ0v) is 10.3. The first-order valence-electron chi connectivity index (χ1n) is 5.53. The summed E-state index contributed by atoms with van der Waals surface area (Å²) in [4.78, 5) is 16.3. The van der Waals surface area contributed by atoms with Crippen LogP contribution in [0.1, 0.15) is 5.56 Å². The molecule has 0 spiro atoms. The van der Waals surface area contributed by atoms with Crippen LogP contribution in [-0.2, 0) is 5.72 Å². The highest BCUT2D eigenvalue weighted by Gasteiger charge is 2.46. The van der Waals surface area contributed by atoms with Gasteiger partial charge in [0.15, 0.2) is 10.9 Å². The van der Waals surface area contributed by atoms with E-state index in [1.54, 1.807) is 12.1 Å². The fourth-order valence-electron chi connectivity index (χ4n) is 2.23. The SMILES string of the molecule is O=[N+]([O-])c1ccc(C2(O)CSC3=NCCN32)cc1. The van der Waals surface area contributed by atoms with Crippen molar-refractivity contribution >= 4 is 22.6 Å². The van der Waals surface area contributed by atoms with E-state index in [1.807, 2.05) is 4.90 Å². The Morgan fingerprint density at radius 1 is 1.44 bits per heavy atom. The lowest BCUT2D eigenvalue weighted by Gasteiger charge is -2.31. The van der Waals surface area contributed by atoms with E-state index < -0.39 is 10.6 Å². The summed E-state index contributed by atoms with van der Waals surface area (Å²) in [5.74, 6) is 0.504. The maximum Gasteiger partial charge on any atom is 0.269 e. The van der Waals surface area contributed by atoms with Crippen LogP contribution in [0.2, 0.25) is 0 Å². The van der Waals surface area contributed by atoms with E-state index in [-0.39, 0.29) is 5.69 Å². The first kappa shape index (κ1) is 11.5. The van der Waals surface area contributed by atoms with E-state index in [0.29, 0.717) is 24.4 Å². The molecule has 1 N–H and O–H groups in total. The predicted octanol–water partition coefficient (Wildman–Crippen LogP) is 1.16. The fraction of sp³-hybridized carbons (Fsp3) is 0.364. The van der Waals surface area contributed by atoms with E-state index in [9.17, 15) is 15.2 Å². The van der Waals surface area contributed by atoms with Crippen LogP contribution >= 0.6 is 11.8 Å². The molecule has 1 fully saturated rings. The van der Waals surface area contributed by atoms with Gasteiger partial charge < -0.3 is 10.0 Å². The first-order chi connectivity index (χ1) is 8.61. The second-order valence-electron chi connectivity index (χ2n) is 4.23. The van der Waals surface area contributed by atoms with Gasteiger partial charge in [-0.3, -0.25) is 15.1 Å². The van der Waals surface area contributed by atoms with Gasteiger partial charge in [0.1, 0.15) is 0 Å². The predicted molar refractivity (Wildman–Crippen MR) is 68.5 cm³/mol. The van der Waals surface area contributed by atoms with Crippen molar-refractivity contribution < 1.29 is 10.0 Å². The van der Waals surface area contributed by atoms with Crippen molar-refractivity contribution in [2.75, 3.05) is 18.8 Å². The number of rotatable bonds is 2. The van der Waals surface area contributed by atoms with E-state index in [4.69, 9.17) is 0 Å². The van der Waals surface area contributed by atoms with Crippen molar-refractivity contribution in [1.82, 2.24) is 4.90 Å². The Kier molecular flexibility index (Phi) is 2.53. The number of benzene rings is 1. The molecule has 1 saturated heterocycles. The molecule has 2 heterocycles. The molecule has 2 aliphatic rings. The van der Waals surface area contributed by atoms with Gasteiger partial charge in [-0.2, -0.15) is 0 Å². The topological polar surface area (TPSA) is 79.0 Å². The molecule has 0 amide bonds. The average molecular weight is 265 g/mol. The van der Waals surface area contributed by atoms with Crippen molar-refractivity contribution in [3.8, 4) is 0 Å². The summed E-state index contributed by atoms with van der Waals surface area (Å²) < 4.78 is 0. The third-order valence-electron chi connectivity index (χ3n) is 3.19. The molecule has 0 radical (unpaired) electrons. The summed E-state index contributed by atoms with van der Waals surface area (Å²) in [6, 6.07) is 6.06. The molecule has 94 valence electrons. The van der Waals surface area contributed by atoms with Crippen molar-refractivity contribution in [2.45, 2.75) is 5.72 Å². The van der Waals surface area contributed by atoms with Gasteiger partial charge in [0, 0.05) is 24.2 Å². The van der Waals surface area contributed by atoms with Crippen LogP contribution < -0.4 is 0 Å². The highest BCUT2D eigenvalue weighted by molar-refractivity contribution is 8.14. The molecule has 0 saturated carbocycles. The quantitative estimate of drug-likeness (QED) is 0.641. The van der Waals surface area contributed by atoms with E-state index in [1.165, 1.54) is 23.9 Å². The number of hydrogen-bond donors (Lipinski definition) is 1. The molecule has 1 unspecified atom stereocenters. The third-order valence-corrected chi connectivity index (χ3v) is 4.35. The fourth-order valence-corrected chi connectivity index (χ4v) is 3.46. The second-order valence-corrected chi connectivity index (χ2v) is 5.17. The van der Waals surface area contributed by atoms with Crippen LogP contribution in [0.5, 0.6) is 0 Å². The largest absolute Gasteiger partial charge is 0.366 e. The molecule has 0 aliphatic carbocycles. The lowest BCUT2D eigenvalue weighted by molar-refractivity contribution is -0.384. The van der Waals surface area contributed by atoms with Gasteiger partial charge >= 0.3 is 0 Å². The number of nitro benzene ring substituents is 1. The Morgan fingerprint density at radius 3 is 2.83 bits per heavy atom. The van der Waals surface area contributed by atoms with Gasteiger partial charge in [0.2, 0.25) is 0 Å². The molecule has 1 aromatic rings. The maximum atomic E-state index is 10.7. The Balaban J connectivity index is 1.94. The Labute approximate surface area is 107 Å². The van der Waals surface area contributed by atoms with Gasteiger partial charge in [0.25, 0.3) is 5.69 Å². The minimum Gasteiger partial charge on any atom is -0.366 e. The number of aliphatic hydroxyl groups is 1. The number of nitrogens with zero attached hydrogens (tertiary/aromatic N) is 3. The number of fused-ring (bicyclic) bond motifs is 1. The summed E-state index contributed by atoms with van der Waals surface area (Å²) in [7, 11) is 0. The first-order valence-corrected chi connectivity index (χ1v) is 6.52. The van der Waals surface area contributed by atoms with Gasteiger partial charge in [-0.25, -0.2) is 0 Å². The van der Waals surface area contributed by atoms with Crippen LogP contribution in [0.3, 0.4) is 0 Å². The van der Waals surface area contributed by atoms with Crippen molar-refractivity contribution in [1.29, 1.82) is 0 Å². The molecule has 7 heteroatoms. The molecular formula is C11H11N3O3S. The standard InChI is InChI=1S/C11H11N3O3S/c15-11(7-18-10-12-5-6-13(10)11)8-1-3-9(4-2-8)14(16)17/h1-4,15H,5-7H2. The summed E-state index contributed by atoms with van der Waals surface area (Å²) in [5.41, 5.74) is -0.384. The molecule has 3 rings (SSSR count). The van der Waals surface area contributed by atoms with Crippen molar-refractivity contribution in [3.63, 3.8) is 0 Å². The Hall–Kier alpha value is -1.60. The van der Waals surface area contributed by atoms with Crippen molar-refractivity contribution in [3.05, 3.63) is 39.9 Å². The molecule has 1 aromatic carbocycles. The van der Waals surface area contributed by atoms with E-state index in [2.05, 4.69) is 4.99 Å². The minimum absolute atomic E-state index is 0.0308. The number of nitro groups is 1. The smallest absolute Gasteiger partial charge is 0.269 e. The lowest BCUT2D eigenvalue weighted by Crippen LogP contribution is -2.43. The van der Waals surface area contributed by atoms with Crippen LogP contribution in [0.4, 0.5) is 5.69 Å². The lowest BCUT2D eigenvalue weighted by atomic mass is 10.0. The highest BCUT2D eigenvalue weighted by atomic mass is 32.2. The monoisotopic (exact) mass is 265 g/mol. The number of amidine groups is 1. The average Bonchev–Trinajstić information content (AvgIpc) is 2.95. The molecule has 1 atom stereocenters. The summed E-state index contributed by atoms with van der Waals surface area (Å²) in [6.45, 7) is 1.38. The summed E-state index contributed by atoms with van der Waals surface area (Å²) in [5, 5.41) is 22.2. The Bertz CT molecular complexity index is 531. The third kappa shape index (κ3) is 1.58. The molecule has 6 nitrogen and oxygen atoms in total. The summed E-state index contributed by atoms with van der Waals surface area (Å²) >= 11 is 1.52. The molecule has 2 aliphatic heterocycles. The van der Waals surface area contributed by atoms with Gasteiger partial charge in [-0.15, -0.1) is 0 Å². The molecule has 0 bridgehead atoms. The number of hydrogen-bond acceptors (Lipinski definition) is 6. The number of thioether (sulfide) groups is 1. The van der Waals surface area contributed by atoms with Crippen LogP contribution in [-0.4, -0.2) is 38.9 Å². The molecule has 18 heavy (non-hydrogen) atoms. The van der Waals surface area contributed by atoms with Gasteiger partial charge in [0.05, 0.1) is 17.2 Å². The Morgan fingerprint density at radius 2 is 2.17 bits per heavy atom. The zero-order chi connectivity index (χ0) is 12.8. The highest BCUT2D eigenvalue weighted by Crippen LogP contribution is 2.40. The number of aliphatic imine (C=N–C) groups is 1. The maximum absolute atomic E-state index is 10.7. The normalized spacial score (nSPS) is 26.1. The van der Waals surface area contributed by atoms with Crippen LogP contribution in [0.15, 0.2) is 29.3 Å². The van der Waals surface area contributed by atoms with Crippen molar-refractivity contribution in [2.24, 2.45) is 4.99 Å². The number of non-ortho nitro benzene ring substituents is 1. The molecule has 0 aromatic heterocycles. The van der Waals surface area contributed by atoms with Gasteiger partial charge in [-0.1, -0.05) is 11.8 Å². The van der Waals surface area contributed by atoms with Gasteiger partial charge in [-0.05, 0) is 12.1 Å². The zero-order valence-electron chi connectivity index (χ0n) is 9.44. The van der Waals surface area contributed by atoms with E-state index in [0.717, 1.165) is 5.17 Å². The van der Waals surface area contributed by atoms with Crippen LogP contribution in [0, 0.1) is 10.1 Å². The molecular weight excluding hydrogens is 254 g/mol. The van der Waals surface area contributed by atoms with E-state index >= 15 is 0 Å².